The van der Waals surface area contributed by atoms with Gasteiger partial charge in [-0.05, 0) is 46.5 Å². The fourth-order valence-electron chi connectivity index (χ4n) is 1.90. The van der Waals surface area contributed by atoms with Crippen LogP contribution in [-0.2, 0) is 18.6 Å². The van der Waals surface area contributed by atoms with Crippen molar-refractivity contribution < 1.29 is 23.4 Å². The first-order valence-electron chi connectivity index (χ1n) is 7.35. The Kier molecular flexibility index (Phi) is 6.41. The Morgan fingerprint density at radius 1 is 1.29 bits per heavy atom. The van der Waals surface area contributed by atoms with Gasteiger partial charge in [-0.3, -0.25) is 9.36 Å². The van der Waals surface area contributed by atoms with Crippen molar-refractivity contribution in [3.8, 4) is 0 Å². The first-order chi connectivity index (χ1) is 9.63. The standard InChI is InChI=1S/C14H26NO5P/c1-5-19-21(18,9-11-6-7-11)10-12(16)8-15-13(17)20-14(2,3)4/h11H,5-10H2,1-4H3,(H,15,17). The average molecular weight is 319 g/mol. The molecule has 1 aliphatic carbocycles. The van der Waals surface area contributed by atoms with Gasteiger partial charge in [0.2, 0.25) is 7.37 Å². The lowest BCUT2D eigenvalue weighted by atomic mass is 10.2. The lowest BCUT2D eigenvalue weighted by molar-refractivity contribution is -0.116. The van der Waals surface area contributed by atoms with Crippen LogP contribution < -0.4 is 5.32 Å². The quantitative estimate of drug-likeness (QED) is 0.696. The molecule has 1 fully saturated rings. The van der Waals surface area contributed by atoms with Gasteiger partial charge in [0, 0.05) is 6.16 Å². The SMILES string of the molecule is CCOP(=O)(CC(=O)CNC(=O)OC(C)(C)C)CC1CC1. The van der Waals surface area contributed by atoms with Gasteiger partial charge in [-0.2, -0.15) is 0 Å². The number of carbonyl (C=O) groups excluding carboxylic acids is 2. The van der Waals surface area contributed by atoms with Crippen molar-refractivity contribution in [2.75, 3.05) is 25.5 Å². The lowest BCUT2D eigenvalue weighted by Gasteiger charge is -2.20. The molecular weight excluding hydrogens is 293 g/mol. The number of hydrogen-bond donors (Lipinski definition) is 1. The third-order valence-corrected chi connectivity index (χ3v) is 5.48. The summed E-state index contributed by atoms with van der Waals surface area (Å²) < 4.78 is 22.9. The zero-order chi connectivity index (χ0) is 16.1. The highest BCUT2D eigenvalue weighted by Gasteiger charge is 2.34. The number of amides is 1. The Morgan fingerprint density at radius 2 is 1.90 bits per heavy atom. The first kappa shape index (κ1) is 18.2. The number of hydrogen-bond acceptors (Lipinski definition) is 5. The first-order valence-corrected chi connectivity index (χ1v) is 9.34. The maximum absolute atomic E-state index is 12.6. The molecule has 0 saturated heterocycles. The summed E-state index contributed by atoms with van der Waals surface area (Å²) in [7, 11) is -2.91. The number of ether oxygens (including phenoxy) is 1. The molecule has 0 bridgehead atoms. The van der Waals surface area contributed by atoms with E-state index in [9.17, 15) is 14.2 Å². The maximum atomic E-state index is 12.6. The van der Waals surface area contributed by atoms with Gasteiger partial charge >= 0.3 is 6.09 Å². The van der Waals surface area contributed by atoms with E-state index in [4.69, 9.17) is 9.26 Å². The van der Waals surface area contributed by atoms with Crippen LogP contribution >= 0.6 is 7.37 Å². The Labute approximate surface area is 126 Å². The molecule has 1 atom stereocenters. The Hall–Kier alpha value is -0.870. The minimum absolute atomic E-state index is 0.118. The van der Waals surface area contributed by atoms with Crippen LogP contribution in [0.3, 0.4) is 0 Å². The zero-order valence-electron chi connectivity index (χ0n) is 13.3. The molecule has 1 unspecified atom stereocenters. The maximum Gasteiger partial charge on any atom is 0.408 e. The van der Waals surface area contributed by atoms with Crippen LogP contribution in [0.4, 0.5) is 4.79 Å². The summed E-state index contributed by atoms with van der Waals surface area (Å²) in [6.45, 7) is 7.14. The van der Waals surface area contributed by atoms with Crippen LogP contribution in [0.15, 0.2) is 0 Å². The van der Waals surface area contributed by atoms with Crippen LogP contribution in [0.5, 0.6) is 0 Å². The number of carbonyl (C=O) groups is 2. The number of ketones is 1. The van der Waals surface area contributed by atoms with Gasteiger partial charge in [-0.15, -0.1) is 0 Å². The molecule has 1 amide bonds. The highest BCUT2D eigenvalue weighted by molar-refractivity contribution is 7.60. The second kappa shape index (κ2) is 7.41. The van der Waals surface area contributed by atoms with Crippen LogP contribution in [-0.4, -0.2) is 43.0 Å². The van der Waals surface area contributed by atoms with Gasteiger partial charge in [-0.25, -0.2) is 4.79 Å². The van der Waals surface area contributed by atoms with E-state index in [2.05, 4.69) is 5.32 Å². The van der Waals surface area contributed by atoms with E-state index in [-0.39, 0.29) is 18.5 Å². The molecule has 1 rings (SSSR count). The van der Waals surface area contributed by atoms with Crippen molar-refractivity contribution in [3.05, 3.63) is 0 Å². The molecular formula is C14H26NO5P. The van der Waals surface area contributed by atoms with Gasteiger partial charge in [0.05, 0.1) is 19.3 Å². The fourth-order valence-corrected chi connectivity index (χ4v) is 4.50. The van der Waals surface area contributed by atoms with Gasteiger partial charge in [-0.1, -0.05) is 0 Å². The molecule has 0 aromatic heterocycles. The number of rotatable bonds is 8. The topological polar surface area (TPSA) is 81.7 Å². The Morgan fingerprint density at radius 3 is 2.38 bits per heavy atom. The number of Topliss-reactive ketones (excluding diaryl/α,β-unsaturated/α-hetero) is 1. The smallest absolute Gasteiger partial charge is 0.408 e. The monoisotopic (exact) mass is 319 g/mol. The molecule has 0 heterocycles. The van der Waals surface area contributed by atoms with Crippen molar-refractivity contribution in [2.24, 2.45) is 5.92 Å². The molecule has 0 spiro atoms. The van der Waals surface area contributed by atoms with E-state index in [0.717, 1.165) is 12.8 Å². The molecule has 1 N–H and O–H groups in total. The van der Waals surface area contributed by atoms with E-state index in [1.54, 1.807) is 27.7 Å². The van der Waals surface area contributed by atoms with Gasteiger partial charge < -0.3 is 14.6 Å². The summed E-state index contributed by atoms with van der Waals surface area (Å²) in [6, 6.07) is 0. The van der Waals surface area contributed by atoms with Crippen molar-refractivity contribution in [1.82, 2.24) is 5.32 Å². The van der Waals surface area contributed by atoms with E-state index in [1.807, 2.05) is 0 Å². The van der Waals surface area contributed by atoms with Crippen LogP contribution in [0, 0.1) is 5.92 Å². The molecule has 0 aliphatic heterocycles. The summed E-state index contributed by atoms with van der Waals surface area (Å²) in [4.78, 5) is 23.3. The third kappa shape index (κ3) is 8.22. The van der Waals surface area contributed by atoms with E-state index in [1.165, 1.54) is 0 Å². The van der Waals surface area contributed by atoms with Crippen molar-refractivity contribution in [2.45, 2.75) is 46.1 Å². The molecule has 1 aliphatic rings. The van der Waals surface area contributed by atoms with Gasteiger partial charge in [0.15, 0.2) is 5.78 Å². The molecule has 21 heavy (non-hydrogen) atoms. The summed E-state index contributed by atoms with van der Waals surface area (Å²) in [5, 5.41) is 2.39. The molecule has 1 saturated carbocycles. The molecule has 0 radical (unpaired) electrons. The summed E-state index contributed by atoms with van der Waals surface area (Å²) >= 11 is 0. The normalized spacial score (nSPS) is 17.9. The van der Waals surface area contributed by atoms with Crippen molar-refractivity contribution in [1.29, 1.82) is 0 Å². The predicted octanol–water partition coefficient (Wildman–Crippen LogP) is 2.80. The third-order valence-electron chi connectivity index (χ3n) is 2.84. The molecule has 7 heteroatoms. The summed E-state index contributed by atoms with van der Waals surface area (Å²) in [5.41, 5.74) is -0.611. The zero-order valence-corrected chi connectivity index (χ0v) is 14.2. The van der Waals surface area contributed by atoms with E-state index >= 15 is 0 Å². The van der Waals surface area contributed by atoms with Crippen LogP contribution in [0.25, 0.3) is 0 Å². The number of alkyl carbamates (subject to hydrolysis) is 1. The predicted molar refractivity (Wildman–Crippen MR) is 80.9 cm³/mol. The molecule has 0 aromatic rings. The van der Waals surface area contributed by atoms with E-state index in [0.29, 0.717) is 18.7 Å². The Balaban J connectivity index is 2.39. The summed E-state index contributed by atoms with van der Waals surface area (Å²) in [6.07, 6.45) is 1.82. The molecule has 122 valence electrons. The van der Waals surface area contributed by atoms with Crippen LogP contribution in [0.1, 0.15) is 40.5 Å². The van der Waals surface area contributed by atoms with E-state index < -0.39 is 19.1 Å². The molecule has 0 aromatic carbocycles. The minimum Gasteiger partial charge on any atom is -0.444 e. The lowest BCUT2D eigenvalue weighted by Crippen LogP contribution is -2.36. The molecule has 6 nitrogen and oxygen atoms in total. The largest absolute Gasteiger partial charge is 0.444 e. The van der Waals surface area contributed by atoms with Crippen molar-refractivity contribution in [3.63, 3.8) is 0 Å². The Bertz CT molecular complexity index is 426. The number of nitrogens with one attached hydrogen (secondary N) is 1. The fraction of sp³-hybridized carbons (Fsp3) is 0.857. The minimum atomic E-state index is -2.91. The van der Waals surface area contributed by atoms with Gasteiger partial charge in [0.25, 0.3) is 0 Å². The average Bonchev–Trinajstić information content (AvgIpc) is 3.07. The second-order valence-corrected chi connectivity index (χ2v) is 8.98. The van der Waals surface area contributed by atoms with Crippen molar-refractivity contribution >= 4 is 19.2 Å². The summed E-state index contributed by atoms with van der Waals surface area (Å²) in [5.74, 6) is 0.132. The second-order valence-electron chi connectivity index (χ2n) is 6.41. The van der Waals surface area contributed by atoms with Gasteiger partial charge in [0.1, 0.15) is 5.60 Å². The highest BCUT2D eigenvalue weighted by atomic mass is 31.2. The van der Waals surface area contributed by atoms with Crippen LogP contribution in [0.2, 0.25) is 0 Å². The highest BCUT2D eigenvalue weighted by Crippen LogP contribution is 2.52.